The first kappa shape index (κ1) is 12.7. The van der Waals surface area contributed by atoms with Gasteiger partial charge in [0, 0.05) is 24.8 Å². The first-order valence-electron chi connectivity index (χ1n) is 6.23. The zero-order valence-electron chi connectivity index (χ0n) is 10.9. The van der Waals surface area contributed by atoms with Crippen molar-refractivity contribution in [2.75, 3.05) is 20.2 Å². The zero-order valence-corrected chi connectivity index (χ0v) is 10.9. The van der Waals surface area contributed by atoms with Crippen molar-refractivity contribution < 1.29 is 4.74 Å². The Balaban J connectivity index is 2.12. The molecule has 2 rings (SSSR count). The predicted octanol–water partition coefficient (Wildman–Crippen LogP) is 1.17. The lowest BCUT2D eigenvalue weighted by molar-refractivity contribution is 0.350. The van der Waals surface area contributed by atoms with E-state index in [1.165, 1.54) is 20.0 Å². The number of methoxy groups -OCH3 is 1. The molecule has 0 saturated carbocycles. The van der Waals surface area contributed by atoms with Crippen LogP contribution in [-0.4, -0.2) is 34.7 Å². The van der Waals surface area contributed by atoms with Crippen LogP contribution in [0.3, 0.4) is 0 Å². The van der Waals surface area contributed by atoms with Gasteiger partial charge in [-0.05, 0) is 32.0 Å². The molecule has 98 valence electrons. The summed E-state index contributed by atoms with van der Waals surface area (Å²) in [6.07, 6.45) is 8.08. The average molecular weight is 249 g/mol. The minimum absolute atomic E-state index is 0.0482. The normalized spacial score (nSPS) is 15.6. The number of hydrogen-bond donors (Lipinski definition) is 0. The van der Waals surface area contributed by atoms with Crippen molar-refractivity contribution in [3.63, 3.8) is 0 Å². The van der Waals surface area contributed by atoms with Gasteiger partial charge in [0.2, 0.25) is 0 Å². The van der Waals surface area contributed by atoms with Crippen LogP contribution in [-0.2, 0) is 6.54 Å². The summed E-state index contributed by atoms with van der Waals surface area (Å²) in [5, 5.41) is 0. The highest BCUT2D eigenvalue weighted by molar-refractivity contribution is 5.09. The Morgan fingerprint density at radius 1 is 1.44 bits per heavy atom. The van der Waals surface area contributed by atoms with Crippen molar-refractivity contribution in [2.24, 2.45) is 0 Å². The Labute approximate surface area is 107 Å². The van der Waals surface area contributed by atoms with Gasteiger partial charge < -0.3 is 9.64 Å². The smallest absolute Gasteiger partial charge is 0.299 e. The maximum absolute atomic E-state index is 12.0. The van der Waals surface area contributed by atoms with Crippen LogP contribution >= 0.6 is 0 Å². The van der Waals surface area contributed by atoms with E-state index in [2.05, 4.69) is 16.1 Å². The minimum Gasteiger partial charge on any atom is -0.468 e. The van der Waals surface area contributed by atoms with Crippen molar-refractivity contribution >= 4 is 0 Å². The van der Waals surface area contributed by atoms with Crippen molar-refractivity contribution in [1.29, 1.82) is 0 Å². The molecule has 2 heterocycles. The number of nitrogens with zero attached hydrogens (tertiary/aromatic N) is 3. The second-order valence-electron chi connectivity index (χ2n) is 4.47. The van der Waals surface area contributed by atoms with E-state index in [1.807, 2.05) is 6.08 Å². The SMILES string of the molecule is COc1ncc(C)c(=O)n1C/C=C/N1CCCC1. The molecule has 0 aromatic carbocycles. The van der Waals surface area contributed by atoms with Crippen LogP contribution in [0.15, 0.2) is 23.3 Å². The quantitative estimate of drug-likeness (QED) is 0.803. The fraction of sp³-hybridized carbons (Fsp3) is 0.538. The van der Waals surface area contributed by atoms with E-state index in [9.17, 15) is 4.79 Å². The summed E-state index contributed by atoms with van der Waals surface area (Å²) in [7, 11) is 1.53. The summed E-state index contributed by atoms with van der Waals surface area (Å²) in [5.74, 6) is 0. The molecule has 1 fully saturated rings. The molecule has 1 saturated heterocycles. The Morgan fingerprint density at radius 3 is 2.83 bits per heavy atom. The van der Waals surface area contributed by atoms with Crippen molar-refractivity contribution in [2.45, 2.75) is 26.3 Å². The van der Waals surface area contributed by atoms with Crippen LogP contribution in [0.25, 0.3) is 0 Å². The monoisotopic (exact) mass is 249 g/mol. The van der Waals surface area contributed by atoms with Crippen LogP contribution in [0, 0.1) is 6.92 Å². The third-order valence-electron chi connectivity index (χ3n) is 3.11. The Bertz CT molecular complexity index is 487. The molecule has 0 bridgehead atoms. The van der Waals surface area contributed by atoms with E-state index in [4.69, 9.17) is 4.74 Å². The summed E-state index contributed by atoms with van der Waals surface area (Å²) in [5.41, 5.74) is 0.582. The van der Waals surface area contributed by atoms with Gasteiger partial charge in [-0.25, -0.2) is 4.98 Å². The topological polar surface area (TPSA) is 47.4 Å². The summed E-state index contributed by atoms with van der Waals surface area (Å²) >= 11 is 0. The summed E-state index contributed by atoms with van der Waals surface area (Å²) in [6, 6.07) is 0.358. The minimum atomic E-state index is -0.0482. The molecule has 1 aromatic heterocycles. The van der Waals surface area contributed by atoms with Gasteiger partial charge in [0.1, 0.15) is 0 Å². The van der Waals surface area contributed by atoms with Gasteiger partial charge >= 0.3 is 0 Å². The fourth-order valence-electron chi connectivity index (χ4n) is 2.09. The molecule has 0 unspecified atom stereocenters. The molecule has 1 aliphatic rings. The lowest BCUT2D eigenvalue weighted by atomic mass is 10.4. The Kier molecular flexibility index (Phi) is 4.02. The lowest BCUT2D eigenvalue weighted by Gasteiger charge is -2.12. The number of aryl methyl sites for hydroxylation is 1. The Hall–Kier alpha value is -1.78. The maximum Gasteiger partial charge on any atom is 0.299 e. The van der Waals surface area contributed by atoms with E-state index < -0.39 is 0 Å². The van der Waals surface area contributed by atoms with E-state index in [0.717, 1.165) is 13.1 Å². The largest absolute Gasteiger partial charge is 0.468 e. The Morgan fingerprint density at radius 2 is 2.17 bits per heavy atom. The third kappa shape index (κ3) is 2.72. The zero-order chi connectivity index (χ0) is 13.0. The van der Waals surface area contributed by atoms with Crippen LogP contribution in [0.4, 0.5) is 0 Å². The summed E-state index contributed by atoms with van der Waals surface area (Å²) in [4.78, 5) is 18.3. The number of ether oxygens (including phenoxy) is 1. The molecular weight excluding hydrogens is 230 g/mol. The standard InChI is InChI=1S/C13H19N3O2/c1-11-10-14-13(18-2)16(12(11)17)9-5-8-15-6-3-4-7-15/h5,8,10H,3-4,6-7,9H2,1-2H3/b8-5+. The third-order valence-corrected chi connectivity index (χ3v) is 3.11. The van der Waals surface area contributed by atoms with Gasteiger partial charge in [-0.1, -0.05) is 0 Å². The highest BCUT2D eigenvalue weighted by Crippen LogP contribution is 2.08. The van der Waals surface area contributed by atoms with Gasteiger partial charge in [0.15, 0.2) is 0 Å². The molecule has 5 heteroatoms. The first-order valence-corrected chi connectivity index (χ1v) is 6.23. The van der Waals surface area contributed by atoms with Crippen LogP contribution in [0.2, 0.25) is 0 Å². The maximum atomic E-state index is 12.0. The van der Waals surface area contributed by atoms with Gasteiger partial charge in [0.25, 0.3) is 11.6 Å². The van der Waals surface area contributed by atoms with Gasteiger partial charge in [-0.3, -0.25) is 9.36 Å². The summed E-state index contributed by atoms with van der Waals surface area (Å²) < 4.78 is 6.65. The van der Waals surface area contributed by atoms with Crippen molar-refractivity contribution in [3.8, 4) is 6.01 Å². The van der Waals surface area contributed by atoms with Gasteiger partial charge in [-0.2, -0.15) is 0 Å². The molecule has 18 heavy (non-hydrogen) atoms. The number of rotatable bonds is 4. The molecule has 5 nitrogen and oxygen atoms in total. The van der Waals surface area contributed by atoms with Gasteiger partial charge in [0.05, 0.1) is 13.7 Å². The average Bonchev–Trinajstić information content (AvgIpc) is 2.88. The lowest BCUT2D eigenvalue weighted by Crippen LogP contribution is -2.24. The predicted molar refractivity (Wildman–Crippen MR) is 69.7 cm³/mol. The second-order valence-corrected chi connectivity index (χ2v) is 4.47. The van der Waals surface area contributed by atoms with Crippen molar-refractivity contribution in [1.82, 2.24) is 14.5 Å². The number of allylic oxidation sites excluding steroid dienone is 1. The number of aromatic nitrogens is 2. The molecule has 0 spiro atoms. The number of likely N-dealkylation sites (tertiary alicyclic amines) is 1. The molecule has 0 amide bonds. The highest BCUT2D eigenvalue weighted by atomic mass is 16.5. The van der Waals surface area contributed by atoms with Crippen LogP contribution in [0.1, 0.15) is 18.4 Å². The molecule has 1 aromatic rings. The van der Waals surface area contributed by atoms with Crippen LogP contribution in [0.5, 0.6) is 6.01 Å². The first-order chi connectivity index (χ1) is 8.72. The second kappa shape index (κ2) is 5.71. The molecule has 0 aliphatic carbocycles. The van der Waals surface area contributed by atoms with E-state index in [1.54, 1.807) is 17.7 Å². The molecular formula is C13H19N3O2. The number of hydrogen-bond acceptors (Lipinski definition) is 4. The van der Waals surface area contributed by atoms with Crippen LogP contribution < -0.4 is 10.3 Å². The van der Waals surface area contributed by atoms with Gasteiger partial charge in [-0.15, -0.1) is 0 Å². The molecule has 0 atom stereocenters. The van der Waals surface area contributed by atoms with Crippen molar-refractivity contribution in [3.05, 3.63) is 34.4 Å². The van der Waals surface area contributed by atoms with E-state index >= 15 is 0 Å². The fourth-order valence-corrected chi connectivity index (χ4v) is 2.09. The molecule has 0 radical (unpaired) electrons. The van der Waals surface area contributed by atoms with E-state index in [0.29, 0.717) is 18.1 Å². The molecule has 1 aliphatic heterocycles. The summed E-state index contributed by atoms with van der Waals surface area (Å²) in [6.45, 7) is 4.46. The highest BCUT2D eigenvalue weighted by Gasteiger charge is 2.08. The molecule has 0 N–H and O–H groups in total. The van der Waals surface area contributed by atoms with E-state index in [-0.39, 0.29) is 5.56 Å².